The van der Waals surface area contributed by atoms with Gasteiger partial charge in [0.1, 0.15) is 5.69 Å². The first-order chi connectivity index (χ1) is 9.81. The van der Waals surface area contributed by atoms with Crippen LogP contribution in [-0.2, 0) is 0 Å². The number of rotatable bonds is 6. The fourth-order valence-corrected chi connectivity index (χ4v) is 2.03. The zero-order valence-electron chi connectivity index (χ0n) is 11.2. The first kappa shape index (κ1) is 14.2. The lowest BCUT2D eigenvalue weighted by Crippen LogP contribution is -2.29. The lowest BCUT2D eigenvalue weighted by atomic mass is 10.0. The molecule has 0 aliphatic heterocycles. The van der Waals surface area contributed by atoms with E-state index in [1.165, 1.54) is 0 Å². The van der Waals surface area contributed by atoms with E-state index in [4.69, 9.17) is 5.11 Å². The highest BCUT2D eigenvalue weighted by Gasteiger charge is 2.15. The van der Waals surface area contributed by atoms with Gasteiger partial charge < -0.3 is 10.4 Å². The summed E-state index contributed by atoms with van der Waals surface area (Å²) in [5.41, 5.74) is 1.43. The Labute approximate surface area is 118 Å². The Balaban J connectivity index is 2.10. The fraction of sp³-hybridized carbons (Fsp3) is 0.250. The standard InChI is InChI=1S/C16H18N2O2/c19-12-6-10-14(13-7-2-1-3-8-13)18-16(20)15-9-4-5-11-17-15/h1-5,7-9,11,14,19H,6,10,12H2,(H,18,20). The largest absolute Gasteiger partial charge is 0.396 e. The van der Waals surface area contributed by atoms with Crippen LogP contribution in [0.5, 0.6) is 0 Å². The summed E-state index contributed by atoms with van der Waals surface area (Å²) in [6, 6.07) is 14.9. The van der Waals surface area contributed by atoms with Gasteiger partial charge in [-0.05, 0) is 30.5 Å². The van der Waals surface area contributed by atoms with Gasteiger partial charge in [-0.15, -0.1) is 0 Å². The average Bonchev–Trinajstić information content (AvgIpc) is 2.53. The van der Waals surface area contributed by atoms with Gasteiger partial charge >= 0.3 is 0 Å². The molecular formula is C16H18N2O2. The lowest BCUT2D eigenvalue weighted by molar-refractivity contribution is 0.0927. The van der Waals surface area contributed by atoms with Crippen LogP contribution in [0, 0.1) is 0 Å². The molecule has 0 fully saturated rings. The highest BCUT2D eigenvalue weighted by Crippen LogP contribution is 2.18. The topological polar surface area (TPSA) is 62.2 Å². The van der Waals surface area contributed by atoms with E-state index in [2.05, 4.69) is 10.3 Å². The minimum Gasteiger partial charge on any atom is -0.396 e. The Morgan fingerprint density at radius 3 is 2.55 bits per heavy atom. The molecule has 0 bridgehead atoms. The molecule has 1 amide bonds. The van der Waals surface area contributed by atoms with E-state index in [0.29, 0.717) is 18.5 Å². The van der Waals surface area contributed by atoms with Crippen LogP contribution in [0.15, 0.2) is 54.7 Å². The number of aliphatic hydroxyl groups excluding tert-OH is 1. The van der Waals surface area contributed by atoms with Crippen molar-refractivity contribution in [3.8, 4) is 0 Å². The molecule has 0 saturated carbocycles. The Bertz CT molecular complexity index is 529. The number of hydrogen-bond acceptors (Lipinski definition) is 3. The maximum Gasteiger partial charge on any atom is 0.270 e. The molecule has 4 heteroatoms. The van der Waals surface area contributed by atoms with Crippen molar-refractivity contribution in [2.75, 3.05) is 6.61 Å². The van der Waals surface area contributed by atoms with Gasteiger partial charge in [-0.1, -0.05) is 36.4 Å². The van der Waals surface area contributed by atoms with Crippen molar-refractivity contribution in [3.63, 3.8) is 0 Å². The molecule has 104 valence electrons. The van der Waals surface area contributed by atoms with E-state index in [1.807, 2.05) is 30.3 Å². The second-order valence-electron chi connectivity index (χ2n) is 4.52. The highest BCUT2D eigenvalue weighted by atomic mass is 16.3. The molecule has 2 aromatic rings. The molecule has 2 N–H and O–H groups in total. The Hall–Kier alpha value is -2.20. The van der Waals surface area contributed by atoms with Gasteiger partial charge in [-0.3, -0.25) is 9.78 Å². The minimum atomic E-state index is -0.197. The Morgan fingerprint density at radius 1 is 1.15 bits per heavy atom. The van der Waals surface area contributed by atoms with Gasteiger partial charge in [0.25, 0.3) is 5.91 Å². The molecule has 20 heavy (non-hydrogen) atoms. The third-order valence-electron chi connectivity index (χ3n) is 3.06. The van der Waals surface area contributed by atoms with Crippen molar-refractivity contribution in [2.24, 2.45) is 0 Å². The zero-order valence-corrected chi connectivity index (χ0v) is 11.2. The normalized spacial score (nSPS) is 11.8. The summed E-state index contributed by atoms with van der Waals surface area (Å²) < 4.78 is 0. The quantitative estimate of drug-likeness (QED) is 0.846. The molecule has 1 unspecified atom stereocenters. The molecule has 2 rings (SSSR count). The third kappa shape index (κ3) is 3.90. The first-order valence-electron chi connectivity index (χ1n) is 6.69. The minimum absolute atomic E-state index is 0.113. The number of carbonyl (C=O) groups is 1. The van der Waals surface area contributed by atoms with Crippen LogP contribution in [-0.4, -0.2) is 22.6 Å². The predicted octanol–water partition coefficient (Wildman–Crippen LogP) is 2.33. The number of nitrogens with one attached hydrogen (secondary N) is 1. The van der Waals surface area contributed by atoms with Gasteiger partial charge in [0.05, 0.1) is 6.04 Å². The number of nitrogens with zero attached hydrogens (tertiary/aromatic N) is 1. The second kappa shape index (κ2) is 7.40. The van der Waals surface area contributed by atoms with Gasteiger partial charge in [0.2, 0.25) is 0 Å². The molecular weight excluding hydrogens is 252 g/mol. The number of pyridine rings is 1. The predicted molar refractivity (Wildman–Crippen MR) is 77.2 cm³/mol. The summed E-state index contributed by atoms with van der Waals surface area (Å²) in [5, 5.41) is 12.0. The van der Waals surface area contributed by atoms with Crippen molar-refractivity contribution >= 4 is 5.91 Å². The SMILES string of the molecule is O=C(NC(CCCO)c1ccccc1)c1ccccn1. The molecule has 1 aromatic heterocycles. The smallest absolute Gasteiger partial charge is 0.270 e. The van der Waals surface area contributed by atoms with Crippen LogP contribution in [0.4, 0.5) is 0 Å². The maximum atomic E-state index is 12.2. The van der Waals surface area contributed by atoms with Crippen molar-refractivity contribution in [1.29, 1.82) is 0 Å². The van der Waals surface area contributed by atoms with E-state index in [1.54, 1.807) is 24.4 Å². The average molecular weight is 270 g/mol. The molecule has 1 aromatic carbocycles. The van der Waals surface area contributed by atoms with Gasteiger partial charge in [-0.2, -0.15) is 0 Å². The number of aliphatic hydroxyl groups is 1. The van der Waals surface area contributed by atoms with Gasteiger partial charge in [-0.25, -0.2) is 0 Å². The fourth-order valence-electron chi connectivity index (χ4n) is 2.03. The van der Waals surface area contributed by atoms with Crippen molar-refractivity contribution in [1.82, 2.24) is 10.3 Å². The molecule has 4 nitrogen and oxygen atoms in total. The summed E-state index contributed by atoms with van der Waals surface area (Å²) in [6.45, 7) is 0.114. The van der Waals surface area contributed by atoms with E-state index < -0.39 is 0 Å². The molecule has 0 aliphatic carbocycles. The van der Waals surface area contributed by atoms with Crippen LogP contribution in [0.1, 0.15) is 34.9 Å². The van der Waals surface area contributed by atoms with Crippen molar-refractivity contribution in [3.05, 3.63) is 66.0 Å². The number of amides is 1. The Kier molecular flexibility index (Phi) is 5.26. The maximum absolute atomic E-state index is 12.2. The van der Waals surface area contributed by atoms with Crippen LogP contribution < -0.4 is 5.32 Å². The van der Waals surface area contributed by atoms with Crippen LogP contribution in [0.2, 0.25) is 0 Å². The van der Waals surface area contributed by atoms with Gasteiger partial charge in [0, 0.05) is 12.8 Å². The van der Waals surface area contributed by atoms with E-state index >= 15 is 0 Å². The number of aromatic nitrogens is 1. The number of benzene rings is 1. The number of hydrogen-bond donors (Lipinski definition) is 2. The molecule has 0 saturated heterocycles. The summed E-state index contributed by atoms with van der Waals surface area (Å²) in [4.78, 5) is 16.2. The van der Waals surface area contributed by atoms with Crippen molar-refractivity contribution < 1.29 is 9.90 Å². The molecule has 1 atom stereocenters. The lowest BCUT2D eigenvalue weighted by Gasteiger charge is -2.18. The highest BCUT2D eigenvalue weighted by molar-refractivity contribution is 5.92. The summed E-state index contributed by atoms with van der Waals surface area (Å²) in [7, 11) is 0. The third-order valence-corrected chi connectivity index (χ3v) is 3.06. The van der Waals surface area contributed by atoms with E-state index in [9.17, 15) is 4.79 Å². The van der Waals surface area contributed by atoms with Gasteiger partial charge in [0.15, 0.2) is 0 Å². The summed E-state index contributed by atoms with van der Waals surface area (Å²) >= 11 is 0. The molecule has 0 aliphatic rings. The monoisotopic (exact) mass is 270 g/mol. The van der Waals surface area contributed by atoms with Crippen molar-refractivity contribution in [2.45, 2.75) is 18.9 Å². The molecule has 0 radical (unpaired) electrons. The molecule has 0 spiro atoms. The second-order valence-corrected chi connectivity index (χ2v) is 4.52. The molecule has 1 heterocycles. The zero-order chi connectivity index (χ0) is 14.2. The van der Waals surface area contributed by atoms with Crippen LogP contribution in [0.3, 0.4) is 0 Å². The van der Waals surface area contributed by atoms with Crippen LogP contribution >= 0.6 is 0 Å². The first-order valence-corrected chi connectivity index (χ1v) is 6.69. The Morgan fingerprint density at radius 2 is 1.90 bits per heavy atom. The summed E-state index contributed by atoms with van der Waals surface area (Å²) in [6.07, 6.45) is 2.93. The van der Waals surface area contributed by atoms with Crippen LogP contribution in [0.25, 0.3) is 0 Å². The number of carbonyl (C=O) groups excluding carboxylic acids is 1. The van der Waals surface area contributed by atoms with E-state index in [0.717, 1.165) is 5.56 Å². The van der Waals surface area contributed by atoms with E-state index in [-0.39, 0.29) is 18.6 Å². The summed E-state index contributed by atoms with van der Waals surface area (Å²) in [5.74, 6) is -0.197.